The van der Waals surface area contributed by atoms with Gasteiger partial charge in [0.2, 0.25) is 11.9 Å². The highest BCUT2D eigenvalue weighted by molar-refractivity contribution is 5.58. The van der Waals surface area contributed by atoms with Crippen LogP contribution in [0.15, 0.2) is 30.5 Å². The van der Waals surface area contributed by atoms with Gasteiger partial charge in [-0.15, -0.1) is 0 Å². The molecule has 0 amide bonds. The predicted molar refractivity (Wildman–Crippen MR) is 52.1 cm³/mol. The maximum atomic E-state index is 12.8. The molecule has 0 aliphatic carbocycles. The molecule has 0 N–H and O–H groups in total. The highest BCUT2D eigenvalue weighted by Gasteiger charge is 2.05. The lowest BCUT2D eigenvalue weighted by Gasteiger charge is -2.00. The fraction of sp³-hybridized carbons (Fsp3) is 0. The van der Waals surface area contributed by atoms with Crippen molar-refractivity contribution in [2.75, 3.05) is 0 Å². The van der Waals surface area contributed by atoms with E-state index in [0.717, 1.165) is 12.1 Å². The van der Waals surface area contributed by atoms with Crippen LogP contribution in [-0.4, -0.2) is 9.97 Å². The van der Waals surface area contributed by atoms with Crippen molar-refractivity contribution in [2.24, 2.45) is 0 Å². The first-order chi connectivity index (χ1) is 7.69. The van der Waals surface area contributed by atoms with E-state index in [9.17, 15) is 8.78 Å². The van der Waals surface area contributed by atoms with E-state index in [4.69, 9.17) is 5.26 Å². The van der Waals surface area contributed by atoms with Gasteiger partial charge in [0.15, 0.2) is 0 Å². The molecule has 3 nitrogen and oxygen atoms in total. The second-order valence-electron chi connectivity index (χ2n) is 3.05. The number of hydrogen-bond donors (Lipinski definition) is 0. The van der Waals surface area contributed by atoms with Gasteiger partial charge in [0, 0.05) is 23.9 Å². The first kappa shape index (κ1) is 10.2. The van der Waals surface area contributed by atoms with E-state index in [1.807, 2.05) is 6.07 Å². The van der Waals surface area contributed by atoms with Crippen molar-refractivity contribution in [3.8, 4) is 17.3 Å². The lowest BCUT2D eigenvalue weighted by atomic mass is 10.1. The average Bonchev–Trinajstić information content (AvgIpc) is 2.28. The third kappa shape index (κ3) is 2.01. The molecule has 78 valence electrons. The Balaban J connectivity index is 2.47. The molecule has 0 aliphatic heterocycles. The van der Waals surface area contributed by atoms with Gasteiger partial charge in [-0.05, 0) is 12.1 Å². The largest absolute Gasteiger partial charge is 0.255 e. The minimum absolute atomic E-state index is 0.287. The Morgan fingerprint density at radius 3 is 2.31 bits per heavy atom. The lowest BCUT2D eigenvalue weighted by molar-refractivity contribution is 0.513. The van der Waals surface area contributed by atoms with Crippen LogP contribution in [0.5, 0.6) is 0 Å². The van der Waals surface area contributed by atoms with E-state index in [0.29, 0.717) is 11.3 Å². The van der Waals surface area contributed by atoms with Gasteiger partial charge >= 0.3 is 0 Å². The van der Waals surface area contributed by atoms with E-state index >= 15 is 0 Å². The Bertz CT molecular complexity index is 538. The fourth-order valence-corrected chi connectivity index (χ4v) is 1.24. The Morgan fingerprint density at radius 1 is 1.12 bits per heavy atom. The van der Waals surface area contributed by atoms with Crippen LogP contribution in [0.1, 0.15) is 5.56 Å². The van der Waals surface area contributed by atoms with Crippen LogP contribution >= 0.6 is 0 Å². The van der Waals surface area contributed by atoms with Crippen LogP contribution in [0.25, 0.3) is 11.3 Å². The van der Waals surface area contributed by atoms with Crippen molar-refractivity contribution in [3.05, 3.63) is 47.9 Å². The summed E-state index contributed by atoms with van der Waals surface area (Å²) in [5.41, 5.74) is 1.06. The third-order valence-electron chi connectivity index (χ3n) is 1.95. The molecule has 16 heavy (non-hydrogen) atoms. The monoisotopic (exact) mass is 217 g/mol. The molecule has 0 saturated heterocycles. The summed E-state index contributed by atoms with van der Waals surface area (Å²) in [7, 11) is 0. The normalized spacial score (nSPS) is 9.81. The minimum atomic E-state index is -0.902. The Kier molecular flexibility index (Phi) is 2.56. The Hall–Kier alpha value is -2.35. The van der Waals surface area contributed by atoms with Gasteiger partial charge in [-0.1, -0.05) is 0 Å². The average molecular weight is 217 g/mol. The Labute approximate surface area is 90.0 Å². The molecule has 2 heterocycles. The van der Waals surface area contributed by atoms with Gasteiger partial charge in [-0.2, -0.15) is 19.0 Å². The van der Waals surface area contributed by atoms with Gasteiger partial charge in [0.25, 0.3) is 0 Å². The number of pyridine rings is 2. The molecule has 0 saturated carbocycles. The van der Waals surface area contributed by atoms with Crippen molar-refractivity contribution in [1.29, 1.82) is 5.26 Å². The van der Waals surface area contributed by atoms with Crippen molar-refractivity contribution in [2.45, 2.75) is 0 Å². The molecule has 2 aromatic heterocycles. The number of nitrogens with zero attached hydrogens (tertiary/aromatic N) is 3. The van der Waals surface area contributed by atoms with E-state index in [2.05, 4.69) is 9.97 Å². The van der Waals surface area contributed by atoms with E-state index in [1.54, 1.807) is 0 Å². The summed E-state index contributed by atoms with van der Waals surface area (Å²) in [6, 6.07) is 7.11. The quantitative estimate of drug-likeness (QED) is 0.688. The van der Waals surface area contributed by atoms with Gasteiger partial charge in [0.05, 0.1) is 11.3 Å². The zero-order valence-corrected chi connectivity index (χ0v) is 7.98. The van der Waals surface area contributed by atoms with Gasteiger partial charge in [0.1, 0.15) is 6.07 Å². The topological polar surface area (TPSA) is 49.6 Å². The second-order valence-corrected chi connectivity index (χ2v) is 3.05. The fourth-order valence-electron chi connectivity index (χ4n) is 1.24. The predicted octanol–water partition coefficient (Wildman–Crippen LogP) is 2.29. The summed E-state index contributed by atoms with van der Waals surface area (Å²) in [5, 5.41) is 8.57. The van der Waals surface area contributed by atoms with E-state index < -0.39 is 11.9 Å². The van der Waals surface area contributed by atoms with Crippen LogP contribution in [-0.2, 0) is 0 Å². The van der Waals surface area contributed by atoms with Gasteiger partial charge in [-0.3, -0.25) is 4.98 Å². The number of hydrogen-bond acceptors (Lipinski definition) is 3. The highest BCUT2D eigenvalue weighted by atomic mass is 19.1. The molecule has 0 aromatic carbocycles. The molecule has 5 heteroatoms. The number of halogens is 2. The molecule has 0 fully saturated rings. The molecule has 0 unspecified atom stereocenters. The van der Waals surface area contributed by atoms with Crippen LogP contribution in [0.4, 0.5) is 8.78 Å². The van der Waals surface area contributed by atoms with Crippen molar-refractivity contribution < 1.29 is 8.78 Å². The number of rotatable bonds is 1. The van der Waals surface area contributed by atoms with Crippen LogP contribution in [0.2, 0.25) is 0 Å². The zero-order valence-electron chi connectivity index (χ0n) is 7.98. The zero-order chi connectivity index (χ0) is 11.5. The molecule has 2 rings (SSSR count). The third-order valence-corrected chi connectivity index (χ3v) is 1.95. The summed E-state index contributed by atoms with van der Waals surface area (Å²) >= 11 is 0. The Morgan fingerprint density at radius 2 is 1.81 bits per heavy atom. The molecule has 2 aromatic rings. The highest BCUT2D eigenvalue weighted by Crippen LogP contribution is 2.18. The van der Waals surface area contributed by atoms with Crippen LogP contribution in [0, 0.1) is 23.2 Å². The summed E-state index contributed by atoms with van der Waals surface area (Å²) in [4.78, 5) is 6.90. The summed E-state index contributed by atoms with van der Waals surface area (Å²) in [6.07, 6.45) is 1.34. The van der Waals surface area contributed by atoms with Crippen molar-refractivity contribution in [3.63, 3.8) is 0 Å². The molecule has 0 aliphatic rings. The first-order valence-corrected chi connectivity index (χ1v) is 4.38. The van der Waals surface area contributed by atoms with E-state index in [1.165, 1.54) is 18.3 Å². The molecular weight excluding hydrogens is 212 g/mol. The summed E-state index contributed by atoms with van der Waals surface area (Å²) in [6.45, 7) is 0. The minimum Gasteiger partial charge on any atom is -0.255 e. The maximum Gasteiger partial charge on any atom is 0.216 e. The van der Waals surface area contributed by atoms with Gasteiger partial charge in [-0.25, -0.2) is 0 Å². The molecule has 0 spiro atoms. The molecule has 0 atom stereocenters. The molecule has 0 bridgehead atoms. The lowest BCUT2D eigenvalue weighted by Crippen LogP contribution is -1.91. The summed E-state index contributed by atoms with van der Waals surface area (Å²) in [5.74, 6) is -1.80. The first-order valence-electron chi connectivity index (χ1n) is 4.38. The van der Waals surface area contributed by atoms with Gasteiger partial charge < -0.3 is 0 Å². The summed E-state index contributed by atoms with van der Waals surface area (Å²) < 4.78 is 25.7. The number of nitriles is 1. The molecule has 0 radical (unpaired) electrons. The molecular formula is C11H5F2N3. The second kappa shape index (κ2) is 4.03. The van der Waals surface area contributed by atoms with Crippen LogP contribution in [0.3, 0.4) is 0 Å². The van der Waals surface area contributed by atoms with Crippen LogP contribution < -0.4 is 0 Å². The van der Waals surface area contributed by atoms with Crippen molar-refractivity contribution >= 4 is 0 Å². The maximum absolute atomic E-state index is 12.8. The van der Waals surface area contributed by atoms with Crippen molar-refractivity contribution in [1.82, 2.24) is 9.97 Å². The smallest absolute Gasteiger partial charge is 0.216 e. The van der Waals surface area contributed by atoms with E-state index in [-0.39, 0.29) is 5.56 Å². The number of aromatic nitrogens is 2. The standard InChI is InChI=1S/C11H5F2N3/c12-10-3-8(4-11(13)16-10)9-2-1-7(5-14)6-15-9/h1-4,6H. The SMILES string of the molecule is N#Cc1ccc(-c2cc(F)nc(F)c2)nc1.